The van der Waals surface area contributed by atoms with E-state index in [1.807, 2.05) is 0 Å². The monoisotopic (exact) mass is 233 g/mol. The molecule has 1 heterocycles. The molecule has 1 aromatic rings. The zero-order chi connectivity index (χ0) is 12.4. The number of ether oxygens (including phenoxy) is 1. The third-order valence-electron chi connectivity index (χ3n) is 2.39. The Morgan fingerprint density at radius 3 is 2.82 bits per heavy atom. The van der Waals surface area contributed by atoms with Gasteiger partial charge in [0.05, 0.1) is 18.4 Å². The van der Waals surface area contributed by atoms with Gasteiger partial charge in [0.15, 0.2) is 11.5 Å². The molecule has 0 bridgehead atoms. The summed E-state index contributed by atoms with van der Waals surface area (Å²) in [5.41, 5.74) is 1.66. The number of oxime groups is 1. The number of methoxy groups -OCH3 is 1. The van der Waals surface area contributed by atoms with E-state index in [0.717, 1.165) is 5.56 Å². The summed E-state index contributed by atoms with van der Waals surface area (Å²) in [5.74, 6) is -0.0797. The second-order valence-corrected chi connectivity index (χ2v) is 3.54. The van der Waals surface area contributed by atoms with Gasteiger partial charge in [-0.2, -0.15) is 0 Å². The van der Waals surface area contributed by atoms with Crippen molar-refractivity contribution in [3.05, 3.63) is 29.3 Å². The fraction of sp³-hybridized carbons (Fsp3) is 0.167. The SMILES string of the molecule is COc1cc(/C=C2\C(=O)ON=C2C)ccc1O. The van der Waals surface area contributed by atoms with E-state index in [2.05, 4.69) is 9.99 Å². The van der Waals surface area contributed by atoms with Gasteiger partial charge in [0.1, 0.15) is 0 Å². The summed E-state index contributed by atoms with van der Waals surface area (Å²) >= 11 is 0. The van der Waals surface area contributed by atoms with E-state index in [0.29, 0.717) is 17.0 Å². The topological polar surface area (TPSA) is 68.1 Å². The second-order valence-electron chi connectivity index (χ2n) is 3.54. The highest BCUT2D eigenvalue weighted by molar-refractivity contribution is 6.24. The molecule has 1 aromatic carbocycles. The molecule has 0 aliphatic carbocycles. The molecule has 0 unspecified atom stereocenters. The number of carbonyl (C=O) groups is 1. The first-order valence-corrected chi connectivity index (χ1v) is 4.97. The molecule has 1 aliphatic heterocycles. The van der Waals surface area contributed by atoms with E-state index in [1.54, 1.807) is 25.1 Å². The highest BCUT2D eigenvalue weighted by atomic mass is 16.7. The van der Waals surface area contributed by atoms with E-state index >= 15 is 0 Å². The number of phenolic OH excluding ortho intramolecular Hbond substituents is 1. The molecule has 1 aliphatic rings. The van der Waals surface area contributed by atoms with Crippen LogP contribution in [-0.4, -0.2) is 23.9 Å². The molecular weight excluding hydrogens is 222 g/mol. The fourth-order valence-electron chi connectivity index (χ4n) is 1.47. The normalized spacial score (nSPS) is 16.9. The van der Waals surface area contributed by atoms with Crippen molar-refractivity contribution in [1.29, 1.82) is 0 Å². The van der Waals surface area contributed by atoms with Crippen LogP contribution in [-0.2, 0) is 9.63 Å². The highest BCUT2D eigenvalue weighted by Gasteiger charge is 2.21. The average molecular weight is 233 g/mol. The van der Waals surface area contributed by atoms with E-state index in [9.17, 15) is 9.90 Å². The predicted octanol–water partition coefficient (Wildman–Crippen LogP) is 1.72. The summed E-state index contributed by atoms with van der Waals surface area (Å²) in [6, 6.07) is 4.79. The van der Waals surface area contributed by atoms with Crippen molar-refractivity contribution in [2.24, 2.45) is 5.16 Å². The molecule has 17 heavy (non-hydrogen) atoms. The van der Waals surface area contributed by atoms with Crippen LogP contribution in [0.4, 0.5) is 0 Å². The first-order chi connectivity index (χ1) is 8.11. The van der Waals surface area contributed by atoms with Crippen molar-refractivity contribution >= 4 is 17.8 Å². The van der Waals surface area contributed by atoms with Crippen molar-refractivity contribution in [3.63, 3.8) is 0 Å². The lowest BCUT2D eigenvalue weighted by Gasteiger charge is -2.04. The van der Waals surface area contributed by atoms with Gasteiger partial charge in [-0.25, -0.2) is 4.79 Å². The molecule has 0 amide bonds. The van der Waals surface area contributed by atoms with Crippen LogP contribution in [0.1, 0.15) is 12.5 Å². The van der Waals surface area contributed by atoms with Gasteiger partial charge in [-0.3, -0.25) is 0 Å². The Bertz CT molecular complexity index is 531. The van der Waals surface area contributed by atoms with Crippen LogP contribution in [0.5, 0.6) is 11.5 Å². The number of phenols is 1. The van der Waals surface area contributed by atoms with E-state index in [4.69, 9.17) is 4.74 Å². The van der Waals surface area contributed by atoms with Crippen LogP contribution in [0.25, 0.3) is 6.08 Å². The summed E-state index contributed by atoms with van der Waals surface area (Å²) in [6.07, 6.45) is 1.64. The number of rotatable bonds is 2. The van der Waals surface area contributed by atoms with Crippen LogP contribution in [0.15, 0.2) is 28.9 Å². The molecule has 0 aromatic heterocycles. The Balaban J connectivity index is 2.39. The molecule has 0 spiro atoms. The van der Waals surface area contributed by atoms with Crippen LogP contribution in [0, 0.1) is 0 Å². The quantitative estimate of drug-likeness (QED) is 0.623. The lowest BCUT2D eigenvalue weighted by atomic mass is 10.1. The molecular formula is C12H11NO4. The van der Waals surface area contributed by atoms with Gasteiger partial charge in [-0.15, -0.1) is 0 Å². The Hall–Kier alpha value is -2.30. The molecule has 5 heteroatoms. The highest BCUT2D eigenvalue weighted by Crippen LogP contribution is 2.27. The molecule has 88 valence electrons. The number of hydrogen-bond acceptors (Lipinski definition) is 5. The van der Waals surface area contributed by atoms with E-state index in [-0.39, 0.29) is 5.75 Å². The van der Waals surface area contributed by atoms with Gasteiger partial charge < -0.3 is 14.7 Å². The Morgan fingerprint density at radius 2 is 2.24 bits per heavy atom. The molecule has 5 nitrogen and oxygen atoms in total. The van der Waals surface area contributed by atoms with Gasteiger partial charge in [-0.05, 0) is 30.7 Å². The third-order valence-corrected chi connectivity index (χ3v) is 2.39. The van der Waals surface area contributed by atoms with Crippen molar-refractivity contribution in [2.75, 3.05) is 7.11 Å². The van der Waals surface area contributed by atoms with Crippen LogP contribution in [0.2, 0.25) is 0 Å². The van der Waals surface area contributed by atoms with Crippen LogP contribution >= 0.6 is 0 Å². The van der Waals surface area contributed by atoms with Crippen molar-refractivity contribution in [2.45, 2.75) is 6.92 Å². The molecule has 0 saturated carbocycles. The summed E-state index contributed by atoms with van der Waals surface area (Å²) in [4.78, 5) is 15.9. The van der Waals surface area contributed by atoms with Crippen molar-refractivity contribution in [1.82, 2.24) is 0 Å². The largest absolute Gasteiger partial charge is 0.504 e. The molecule has 0 fully saturated rings. The van der Waals surface area contributed by atoms with E-state index in [1.165, 1.54) is 13.2 Å². The standard InChI is InChI=1S/C12H11NO4/c1-7-9(12(15)17-13-7)5-8-3-4-10(14)11(6-8)16-2/h3-6,14H,1-2H3/b9-5-. The van der Waals surface area contributed by atoms with Gasteiger partial charge >= 0.3 is 5.97 Å². The van der Waals surface area contributed by atoms with Gasteiger partial charge in [0.25, 0.3) is 0 Å². The summed E-state index contributed by atoms with van der Waals surface area (Å²) in [5, 5.41) is 13.0. The molecule has 0 saturated heterocycles. The summed E-state index contributed by atoms with van der Waals surface area (Å²) in [6.45, 7) is 1.69. The number of aromatic hydroxyl groups is 1. The van der Waals surface area contributed by atoms with Gasteiger partial charge in [0.2, 0.25) is 0 Å². The maximum Gasteiger partial charge on any atom is 0.367 e. The van der Waals surface area contributed by atoms with Gasteiger partial charge in [0, 0.05) is 0 Å². The lowest BCUT2D eigenvalue weighted by molar-refractivity contribution is -0.136. The maximum absolute atomic E-state index is 11.3. The number of hydrogen-bond donors (Lipinski definition) is 1. The molecule has 0 radical (unpaired) electrons. The molecule has 0 atom stereocenters. The zero-order valence-electron chi connectivity index (χ0n) is 9.43. The Labute approximate surface area is 98.0 Å². The maximum atomic E-state index is 11.3. The van der Waals surface area contributed by atoms with Crippen molar-refractivity contribution < 1.29 is 19.5 Å². The molecule has 1 N–H and O–H groups in total. The number of benzene rings is 1. The fourth-order valence-corrected chi connectivity index (χ4v) is 1.47. The minimum Gasteiger partial charge on any atom is -0.504 e. The lowest BCUT2D eigenvalue weighted by Crippen LogP contribution is -2.01. The van der Waals surface area contributed by atoms with Gasteiger partial charge in [-0.1, -0.05) is 11.2 Å². The Morgan fingerprint density at radius 1 is 1.47 bits per heavy atom. The Kier molecular flexibility index (Phi) is 2.82. The average Bonchev–Trinajstić information content (AvgIpc) is 2.63. The first kappa shape index (κ1) is 11.2. The van der Waals surface area contributed by atoms with Crippen LogP contribution < -0.4 is 4.74 Å². The third kappa shape index (κ3) is 2.13. The van der Waals surface area contributed by atoms with E-state index < -0.39 is 5.97 Å². The number of nitrogens with zero attached hydrogens (tertiary/aromatic N) is 1. The first-order valence-electron chi connectivity index (χ1n) is 4.97. The zero-order valence-corrected chi connectivity index (χ0v) is 9.43. The second kappa shape index (κ2) is 4.29. The minimum atomic E-state index is -0.477. The summed E-state index contributed by atoms with van der Waals surface area (Å²) < 4.78 is 4.98. The number of carbonyl (C=O) groups excluding carboxylic acids is 1. The van der Waals surface area contributed by atoms with Crippen LogP contribution in [0.3, 0.4) is 0 Å². The smallest absolute Gasteiger partial charge is 0.367 e. The molecule has 2 rings (SSSR count). The minimum absolute atomic E-state index is 0.0500. The predicted molar refractivity (Wildman–Crippen MR) is 61.8 cm³/mol. The van der Waals surface area contributed by atoms with Crippen molar-refractivity contribution in [3.8, 4) is 11.5 Å². The summed E-state index contributed by atoms with van der Waals surface area (Å²) in [7, 11) is 1.46.